The Labute approximate surface area is 163 Å². The van der Waals surface area contributed by atoms with E-state index >= 15 is 0 Å². The molecule has 0 unspecified atom stereocenters. The van der Waals surface area contributed by atoms with E-state index in [0.29, 0.717) is 28.8 Å². The number of carbonyl (C=O) groups excluding carboxylic acids is 1. The number of aryl methyl sites for hydroxylation is 1. The van der Waals surface area contributed by atoms with E-state index in [-0.39, 0.29) is 17.8 Å². The van der Waals surface area contributed by atoms with E-state index in [1.807, 2.05) is 23.3 Å². The molecule has 0 N–H and O–H groups in total. The molecule has 1 atom stereocenters. The maximum absolute atomic E-state index is 13.6. The predicted octanol–water partition coefficient (Wildman–Crippen LogP) is 5.79. The van der Waals surface area contributed by atoms with E-state index in [9.17, 15) is 9.18 Å². The normalized spacial score (nSPS) is 16.7. The predicted molar refractivity (Wildman–Crippen MR) is 106 cm³/mol. The minimum atomic E-state index is -0.331. The van der Waals surface area contributed by atoms with Crippen LogP contribution in [0.5, 0.6) is 0 Å². The van der Waals surface area contributed by atoms with Gasteiger partial charge in [0.15, 0.2) is 5.76 Å². The van der Waals surface area contributed by atoms with Crippen molar-refractivity contribution in [3.8, 4) is 0 Å². The summed E-state index contributed by atoms with van der Waals surface area (Å²) in [5.41, 5.74) is 2.43. The Kier molecular flexibility index (Phi) is 3.91. The first-order valence-corrected chi connectivity index (χ1v) is 10.5. The van der Waals surface area contributed by atoms with E-state index in [2.05, 4.69) is 17.5 Å². The number of fused-ring (bicyclic) bond motifs is 2. The number of furan rings is 1. The van der Waals surface area contributed by atoms with Crippen molar-refractivity contribution in [3.63, 3.8) is 0 Å². The number of benzene rings is 1. The summed E-state index contributed by atoms with van der Waals surface area (Å²) in [6, 6.07) is 10.5. The van der Waals surface area contributed by atoms with Crippen molar-refractivity contribution in [2.45, 2.75) is 19.4 Å². The smallest absolute Gasteiger partial charge is 0.290 e. The quantitative estimate of drug-likeness (QED) is 0.429. The molecule has 0 fully saturated rings. The van der Waals surface area contributed by atoms with Crippen LogP contribution in [-0.2, 0) is 6.42 Å². The molecule has 4 aromatic rings. The fourth-order valence-electron chi connectivity index (χ4n) is 3.82. The lowest BCUT2D eigenvalue weighted by Gasteiger charge is -2.35. The molecule has 0 spiro atoms. The molecule has 1 aliphatic heterocycles. The highest BCUT2D eigenvalue weighted by Crippen LogP contribution is 2.41. The van der Waals surface area contributed by atoms with Crippen molar-refractivity contribution in [1.82, 2.24) is 4.90 Å². The fraction of sp³-hybridized carbons (Fsp3) is 0.190. The third-order valence-corrected chi connectivity index (χ3v) is 7.05. The lowest BCUT2D eigenvalue weighted by molar-refractivity contribution is 0.0667. The van der Waals surface area contributed by atoms with Gasteiger partial charge in [-0.3, -0.25) is 4.79 Å². The van der Waals surface area contributed by atoms with Crippen LogP contribution in [0.2, 0.25) is 0 Å². The molecule has 0 saturated heterocycles. The second-order valence-electron chi connectivity index (χ2n) is 6.66. The average Bonchev–Trinajstić information content (AvgIpc) is 3.41. The van der Waals surface area contributed by atoms with Crippen LogP contribution in [0.1, 0.15) is 37.5 Å². The van der Waals surface area contributed by atoms with Gasteiger partial charge in [-0.1, -0.05) is 6.07 Å². The molecule has 5 rings (SSSR count). The molecule has 6 heteroatoms. The summed E-state index contributed by atoms with van der Waals surface area (Å²) in [4.78, 5) is 17.8. The monoisotopic (exact) mass is 397 g/mol. The van der Waals surface area contributed by atoms with Gasteiger partial charge in [0.2, 0.25) is 0 Å². The summed E-state index contributed by atoms with van der Waals surface area (Å²) in [5.74, 6) is -0.169. The van der Waals surface area contributed by atoms with E-state index in [1.54, 1.807) is 28.7 Å². The third-order valence-electron chi connectivity index (χ3n) is 5.13. The molecule has 1 amide bonds. The van der Waals surface area contributed by atoms with Crippen LogP contribution in [-0.4, -0.2) is 17.4 Å². The van der Waals surface area contributed by atoms with Gasteiger partial charge in [-0.05, 0) is 60.0 Å². The van der Waals surface area contributed by atoms with Crippen LogP contribution < -0.4 is 0 Å². The Bertz CT molecular complexity index is 1140. The second kappa shape index (κ2) is 6.32. The molecule has 3 nitrogen and oxygen atoms in total. The Hall–Kier alpha value is -2.44. The topological polar surface area (TPSA) is 33.5 Å². The Morgan fingerprint density at radius 2 is 2.11 bits per heavy atom. The van der Waals surface area contributed by atoms with Crippen LogP contribution >= 0.6 is 22.7 Å². The van der Waals surface area contributed by atoms with Gasteiger partial charge < -0.3 is 9.32 Å². The van der Waals surface area contributed by atoms with Gasteiger partial charge in [0.1, 0.15) is 11.4 Å². The van der Waals surface area contributed by atoms with Crippen molar-refractivity contribution < 1.29 is 13.6 Å². The van der Waals surface area contributed by atoms with Gasteiger partial charge in [-0.15, -0.1) is 22.7 Å². The van der Waals surface area contributed by atoms with Crippen molar-refractivity contribution in [1.29, 1.82) is 0 Å². The standard InChI is InChI=1S/C21H16FNO2S2/c1-12-15-11-13(22)4-5-16(15)25-20(12)21(24)23-8-6-17-14(7-10-27-17)19(23)18-3-2-9-26-18/h2-5,7,9-11,19H,6,8H2,1H3/t19-/m0/s1. The Balaban J connectivity index is 1.61. The second-order valence-corrected chi connectivity index (χ2v) is 8.64. The minimum absolute atomic E-state index is 0.100. The first-order valence-electron chi connectivity index (χ1n) is 8.73. The summed E-state index contributed by atoms with van der Waals surface area (Å²) in [7, 11) is 0. The molecule has 27 heavy (non-hydrogen) atoms. The summed E-state index contributed by atoms with van der Waals surface area (Å²) < 4.78 is 19.5. The molecular weight excluding hydrogens is 381 g/mol. The Morgan fingerprint density at radius 3 is 2.93 bits per heavy atom. The highest BCUT2D eigenvalue weighted by Gasteiger charge is 2.36. The highest BCUT2D eigenvalue weighted by atomic mass is 32.1. The Morgan fingerprint density at radius 1 is 1.22 bits per heavy atom. The van der Waals surface area contributed by atoms with E-state index in [1.165, 1.54) is 22.6 Å². The number of hydrogen-bond acceptors (Lipinski definition) is 4. The number of carbonyl (C=O) groups is 1. The number of thiophene rings is 2. The molecule has 0 bridgehead atoms. The molecule has 136 valence electrons. The zero-order valence-electron chi connectivity index (χ0n) is 14.6. The summed E-state index contributed by atoms with van der Waals surface area (Å²) in [6.07, 6.45) is 0.842. The van der Waals surface area contributed by atoms with Gasteiger partial charge in [0, 0.05) is 27.2 Å². The largest absolute Gasteiger partial charge is 0.451 e. The number of hydrogen-bond donors (Lipinski definition) is 0. The van der Waals surface area contributed by atoms with E-state index < -0.39 is 0 Å². The van der Waals surface area contributed by atoms with Gasteiger partial charge in [0.25, 0.3) is 5.91 Å². The van der Waals surface area contributed by atoms with Crippen LogP contribution in [0.25, 0.3) is 11.0 Å². The average molecular weight is 397 g/mol. The molecule has 0 radical (unpaired) electrons. The molecule has 1 aliphatic rings. The lowest BCUT2D eigenvalue weighted by Crippen LogP contribution is -2.39. The van der Waals surface area contributed by atoms with Crippen molar-refractivity contribution in [3.05, 3.63) is 79.6 Å². The first-order chi connectivity index (χ1) is 13.1. The molecule has 4 heterocycles. The molecular formula is C21H16FNO2S2. The van der Waals surface area contributed by atoms with Gasteiger partial charge in [0.05, 0.1) is 6.04 Å². The maximum Gasteiger partial charge on any atom is 0.290 e. The van der Waals surface area contributed by atoms with Crippen molar-refractivity contribution >= 4 is 39.5 Å². The van der Waals surface area contributed by atoms with Crippen LogP contribution in [0.3, 0.4) is 0 Å². The molecule has 1 aromatic carbocycles. The number of halogens is 1. The maximum atomic E-state index is 13.6. The zero-order valence-corrected chi connectivity index (χ0v) is 16.2. The van der Waals surface area contributed by atoms with Crippen LogP contribution in [0.4, 0.5) is 4.39 Å². The molecule has 3 aromatic heterocycles. The van der Waals surface area contributed by atoms with E-state index in [0.717, 1.165) is 11.3 Å². The molecule has 0 saturated carbocycles. The van der Waals surface area contributed by atoms with Crippen LogP contribution in [0.15, 0.2) is 51.6 Å². The summed E-state index contributed by atoms with van der Waals surface area (Å²) >= 11 is 3.40. The fourth-order valence-corrected chi connectivity index (χ4v) is 5.57. The van der Waals surface area contributed by atoms with Crippen molar-refractivity contribution in [2.75, 3.05) is 6.54 Å². The number of nitrogens with zero attached hydrogens (tertiary/aromatic N) is 1. The number of amides is 1. The van der Waals surface area contributed by atoms with Gasteiger partial charge in [-0.2, -0.15) is 0 Å². The summed E-state index contributed by atoms with van der Waals surface area (Å²) in [6.45, 7) is 2.46. The van der Waals surface area contributed by atoms with Crippen LogP contribution in [0, 0.1) is 12.7 Å². The van der Waals surface area contributed by atoms with Gasteiger partial charge >= 0.3 is 0 Å². The third kappa shape index (κ3) is 2.63. The highest BCUT2D eigenvalue weighted by molar-refractivity contribution is 7.10. The minimum Gasteiger partial charge on any atom is -0.451 e. The lowest BCUT2D eigenvalue weighted by atomic mass is 9.98. The van der Waals surface area contributed by atoms with Crippen molar-refractivity contribution in [2.24, 2.45) is 0 Å². The van der Waals surface area contributed by atoms with E-state index in [4.69, 9.17) is 4.42 Å². The zero-order chi connectivity index (χ0) is 18.5. The number of rotatable bonds is 2. The SMILES string of the molecule is Cc1c(C(=O)N2CCc3sccc3[C@H]2c2cccs2)oc2ccc(F)cc12. The first kappa shape index (κ1) is 16.7. The summed E-state index contributed by atoms with van der Waals surface area (Å²) in [5, 5.41) is 4.78. The van der Waals surface area contributed by atoms with Gasteiger partial charge in [-0.25, -0.2) is 4.39 Å². The molecule has 0 aliphatic carbocycles.